The Hall–Kier alpha value is -2.05. The van der Waals surface area contributed by atoms with Crippen LogP contribution in [-0.2, 0) is 14.9 Å². The molecular formula is C15H15F3O4. The summed E-state index contributed by atoms with van der Waals surface area (Å²) < 4.78 is 45.4. The number of rotatable bonds is 4. The number of carbonyl (C=O) groups excluding carboxylic acids is 2. The number of halogens is 3. The van der Waals surface area contributed by atoms with E-state index in [1.807, 2.05) is 0 Å². The number of esters is 1. The molecule has 0 saturated carbocycles. The van der Waals surface area contributed by atoms with Crippen molar-refractivity contribution in [3.8, 4) is 5.75 Å². The van der Waals surface area contributed by atoms with Crippen molar-refractivity contribution in [2.24, 2.45) is 0 Å². The predicted molar refractivity (Wildman–Crippen MR) is 70.7 cm³/mol. The third kappa shape index (κ3) is 3.40. The second kappa shape index (κ2) is 5.62. The van der Waals surface area contributed by atoms with Gasteiger partial charge in [0.25, 0.3) is 0 Å². The molecule has 0 heterocycles. The topological polar surface area (TPSA) is 52.6 Å². The first-order valence-corrected chi connectivity index (χ1v) is 6.74. The molecule has 0 N–H and O–H groups in total. The number of hydrogen-bond donors (Lipinski definition) is 0. The summed E-state index contributed by atoms with van der Waals surface area (Å²) in [6.45, 7) is 3.63. The van der Waals surface area contributed by atoms with Crippen LogP contribution >= 0.6 is 0 Å². The number of fused-ring (bicyclic) bond motifs is 1. The molecule has 0 spiro atoms. The summed E-state index contributed by atoms with van der Waals surface area (Å²) >= 11 is 0. The van der Waals surface area contributed by atoms with Gasteiger partial charge in [0, 0.05) is 17.4 Å². The van der Waals surface area contributed by atoms with Crippen molar-refractivity contribution in [3.05, 3.63) is 29.3 Å². The van der Waals surface area contributed by atoms with Gasteiger partial charge in [0.2, 0.25) is 0 Å². The fourth-order valence-electron chi connectivity index (χ4n) is 2.71. The first-order chi connectivity index (χ1) is 10.1. The van der Waals surface area contributed by atoms with Gasteiger partial charge in [-0.05, 0) is 24.6 Å². The largest absolute Gasteiger partial charge is 0.573 e. The second-order valence-corrected chi connectivity index (χ2v) is 5.40. The van der Waals surface area contributed by atoms with Gasteiger partial charge >= 0.3 is 12.3 Å². The first kappa shape index (κ1) is 16.3. The minimum Gasteiger partial charge on any atom is -0.466 e. The highest BCUT2D eigenvalue weighted by Gasteiger charge is 2.42. The molecule has 120 valence electrons. The molecule has 1 aliphatic carbocycles. The van der Waals surface area contributed by atoms with Crippen LogP contribution in [0.5, 0.6) is 5.75 Å². The zero-order valence-corrected chi connectivity index (χ0v) is 12.1. The normalized spacial score (nSPS) is 20.7. The number of ketones is 1. The van der Waals surface area contributed by atoms with Gasteiger partial charge in [-0.25, -0.2) is 0 Å². The Morgan fingerprint density at radius 2 is 2.05 bits per heavy atom. The van der Waals surface area contributed by atoms with E-state index in [1.54, 1.807) is 13.8 Å². The van der Waals surface area contributed by atoms with Crippen molar-refractivity contribution in [1.29, 1.82) is 0 Å². The second-order valence-electron chi connectivity index (χ2n) is 5.40. The van der Waals surface area contributed by atoms with Crippen molar-refractivity contribution >= 4 is 11.8 Å². The Kier molecular flexibility index (Phi) is 4.17. The highest BCUT2D eigenvalue weighted by molar-refractivity contribution is 6.03. The van der Waals surface area contributed by atoms with Crippen LogP contribution in [-0.4, -0.2) is 24.7 Å². The standard InChI is InChI=1S/C15H15F3O4/c1-3-21-13(20)8-14(2)7-12(19)10-6-9(4-5-11(10)14)22-15(16,17)18/h4-6H,3,7-8H2,1-2H3. The molecule has 1 aliphatic rings. The van der Waals surface area contributed by atoms with Gasteiger partial charge in [0.1, 0.15) is 5.75 Å². The van der Waals surface area contributed by atoms with Crippen LogP contribution in [0.4, 0.5) is 13.2 Å². The van der Waals surface area contributed by atoms with Crippen molar-refractivity contribution in [2.45, 2.75) is 38.5 Å². The lowest BCUT2D eigenvalue weighted by atomic mass is 9.81. The Morgan fingerprint density at radius 1 is 1.36 bits per heavy atom. The zero-order valence-electron chi connectivity index (χ0n) is 12.1. The van der Waals surface area contributed by atoms with E-state index in [2.05, 4.69) is 4.74 Å². The van der Waals surface area contributed by atoms with E-state index in [4.69, 9.17) is 4.74 Å². The maximum Gasteiger partial charge on any atom is 0.573 e. The summed E-state index contributed by atoms with van der Waals surface area (Å²) in [5, 5.41) is 0. The van der Waals surface area contributed by atoms with E-state index in [9.17, 15) is 22.8 Å². The monoisotopic (exact) mass is 316 g/mol. The van der Waals surface area contributed by atoms with Crippen LogP contribution in [0.15, 0.2) is 18.2 Å². The third-order valence-corrected chi connectivity index (χ3v) is 3.57. The van der Waals surface area contributed by atoms with Crippen molar-refractivity contribution in [3.63, 3.8) is 0 Å². The number of hydrogen-bond acceptors (Lipinski definition) is 4. The first-order valence-electron chi connectivity index (χ1n) is 6.74. The van der Waals surface area contributed by atoms with Crippen LogP contribution in [0.25, 0.3) is 0 Å². The van der Waals surface area contributed by atoms with Crippen LogP contribution in [0, 0.1) is 0 Å². The summed E-state index contributed by atoms with van der Waals surface area (Å²) in [5.41, 5.74) is -0.0660. The van der Waals surface area contributed by atoms with Gasteiger partial charge < -0.3 is 9.47 Å². The molecule has 0 bridgehead atoms. The Balaban J connectivity index is 2.30. The molecule has 4 nitrogen and oxygen atoms in total. The van der Waals surface area contributed by atoms with Crippen molar-refractivity contribution < 1.29 is 32.2 Å². The average molecular weight is 316 g/mol. The van der Waals surface area contributed by atoms with Gasteiger partial charge in [-0.2, -0.15) is 0 Å². The van der Waals surface area contributed by atoms with Crippen molar-refractivity contribution in [2.75, 3.05) is 6.61 Å². The molecule has 0 fully saturated rings. The van der Waals surface area contributed by atoms with Crippen molar-refractivity contribution in [1.82, 2.24) is 0 Å². The molecule has 1 aromatic rings. The molecule has 22 heavy (non-hydrogen) atoms. The Labute approximate surface area is 125 Å². The number of alkyl halides is 3. The van der Waals surface area contributed by atoms with E-state index in [1.165, 1.54) is 6.07 Å². The van der Waals surface area contributed by atoms with E-state index >= 15 is 0 Å². The predicted octanol–water partition coefficient (Wildman–Crippen LogP) is 3.38. The van der Waals surface area contributed by atoms with Gasteiger partial charge in [0.15, 0.2) is 5.78 Å². The molecule has 0 aromatic heterocycles. The molecule has 0 amide bonds. The lowest BCUT2D eigenvalue weighted by Crippen LogP contribution is -2.24. The van der Waals surface area contributed by atoms with Gasteiger partial charge in [-0.3, -0.25) is 9.59 Å². The quantitative estimate of drug-likeness (QED) is 0.799. The highest BCUT2D eigenvalue weighted by Crippen LogP contribution is 2.43. The van der Waals surface area contributed by atoms with Crippen LogP contribution in [0.3, 0.4) is 0 Å². The van der Waals surface area contributed by atoms with Crippen LogP contribution < -0.4 is 4.74 Å². The summed E-state index contributed by atoms with van der Waals surface area (Å²) in [6, 6.07) is 3.62. The minimum absolute atomic E-state index is 0.000938. The molecule has 1 atom stereocenters. The number of benzene rings is 1. The fourth-order valence-corrected chi connectivity index (χ4v) is 2.71. The molecule has 1 aromatic carbocycles. The molecule has 0 radical (unpaired) electrons. The molecule has 1 unspecified atom stereocenters. The smallest absolute Gasteiger partial charge is 0.466 e. The Bertz CT molecular complexity index is 609. The summed E-state index contributed by atoms with van der Waals surface area (Å²) in [6.07, 6.45) is -4.76. The van der Waals surface area contributed by atoms with Gasteiger partial charge in [0.05, 0.1) is 13.0 Å². The number of Topliss-reactive ketones (excluding diaryl/α,β-unsaturated/α-hetero) is 1. The van der Waals surface area contributed by atoms with E-state index in [0.29, 0.717) is 5.56 Å². The van der Waals surface area contributed by atoms with E-state index in [-0.39, 0.29) is 30.8 Å². The van der Waals surface area contributed by atoms with E-state index in [0.717, 1.165) is 12.1 Å². The summed E-state index contributed by atoms with van der Waals surface area (Å²) in [4.78, 5) is 23.7. The molecule has 7 heteroatoms. The maximum atomic E-state index is 12.2. The van der Waals surface area contributed by atoms with Crippen LogP contribution in [0.1, 0.15) is 42.6 Å². The molecular weight excluding hydrogens is 301 g/mol. The average Bonchev–Trinajstić information content (AvgIpc) is 2.59. The van der Waals surface area contributed by atoms with Gasteiger partial charge in [-0.1, -0.05) is 13.0 Å². The van der Waals surface area contributed by atoms with Crippen LogP contribution in [0.2, 0.25) is 0 Å². The third-order valence-electron chi connectivity index (χ3n) is 3.57. The zero-order chi connectivity index (χ0) is 16.5. The highest BCUT2D eigenvalue weighted by atomic mass is 19.4. The number of carbonyl (C=O) groups is 2. The maximum absolute atomic E-state index is 12.2. The molecule has 0 aliphatic heterocycles. The fraction of sp³-hybridized carbons (Fsp3) is 0.467. The molecule has 0 saturated heterocycles. The van der Waals surface area contributed by atoms with Gasteiger partial charge in [-0.15, -0.1) is 13.2 Å². The molecule has 2 rings (SSSR count). The lowest BCUT2D eigenvalue weighted by Gasteiger charge is -2.23. The SMILES string of the molecule is CCOC(=O)CC1(C)CC(=O)c2cc(OC(F)(F)F)ccc21. The summed E-state index contributed by atoms with van der Waals surface area (Å²) in [7, 11) is 0. The van der Waals surface area contributed by atoms with E-state index < -0.39 is 23.5 Å². The number of ether oxygens (including phenoxy) is 2. The lowest BCUT2D eigenvalue weighted by molar-refractivity contribution is -0.274. The summed E-state index contributed by atoms with van der Waals surface area (Å²) in [5.74, 6) is -1.20. The minimum atomic E-state index is -4.82. The Morgan fingerprint density at radius 3 is 2.64 bits per heavy atom.